The third kappa shape index (κ3) is 6.49. The molecule has 2 aromatic rings. The normalized spacial score (nSPS) is 27.4. The number of amides is 1. The molecule has 0 bridgehead atoms. The standard InChI is InChI=1S/C35H48N2O4/c1-33(2,3)41-32(38)37(29-15-16-30(39-24-26-13-14-26)28-11-5-4-10-27(28)29)22-19-34(31-12-6-9-21-36-31)20-23-40-35(25-34)17-7-8-18-35/h4-6,9-12,21,26,29-30H,7-8,13-20,22-25H2,1-3H3/t29-,30-,34+/m0/s1. The third-order valence-electron chi connectivity index (χ3n) is 9.84. The van der Waals surface area contributed by atoms with Crippen molar-refractivity contribution in [3.05, 3.63) is 65.5 Å². The van der Waals surface area contributed by atoms with Crippen molar-refractivity contribution in [3.8, 4) is 0 Å². The van der Waals surface area contributed by atoms with Gasteiger partial charge in [0.1, 0.15) is 5.60 Å². The Bertz CT molecular complexity index is 1180. The SMILES string of the molecule is CC(C)(C)OC(=O)N(CC[C@@]1(c2ccccn2)CCOC2(CCCC2)C1)[C@H]1CC[C@H](OCC2CC2)c2ccccc21. The number of nitrogens with zero attached hydrogens (tertiary/aromatic N) is 2. The second kappa shape index (κ2) is 11.7. The number of ether oxygens (including phenoxy) is 3. The van der Waals surface area contributed by atoms with Gasteiger partial charge in [-0.05, 0) is 108 Å². The van der Waals surface area contributed by atoms with Gasteiger partial charge in [0, 0.05) is 30.5 Å². The summed E-state index contributed by atoms with van der Waals surface area (Å²) in [6.07, 6.45) is 13.6. The minimum Gasteiger partial charge on any atom is -0.444 e. The first kappa shape index (κ1) is 28.7. The van der Waals surface area contributed by atoms with E-state index in [2.05, 4.69) is 36.4 Å². The van der Waals surface area contributed by atoms with Crippen LogP contribution in [0.4, 0.5) is 4.79 Å². The summed E-state index contributed by atoms with van der Waals surface area (Å²) in [5, 5.41) is 0. The maximum absolute atomic E-state index is 14.0. The molecule has 3 atom stereocenters. The summed E-state index contributed by atoms with van der Waals surface area (Å²) in [5.41, 5.74) is 2.82. The highest BCUT2D eigenvalue weighted by atomic mass is 16.6. The summed E-state index contributed by atoms with van der Waals surface area (Å²) < 4.78 is 19.0. The summed E-state index contributed by atoms with van der Waals surface area (Å²) in [6.45, 7) is 8.07. The van der Waals surface area contributed by atoms with Gasteiger partial charge in [-0.1, -0.05) is 43.2 Å². The summed E-state index contributed by atoms with van der Waals surface area (Å²) in [4.78, 5) is 20.9. The third-order valence-corrected chi connectivity index (χ3v) is 9.84. The molecule has 2 saturated carbocycles. The molecule has 2 heterocycles. The lowest BCUT2D eigenvalue weighted by Gasteiger charge is -2.47. The van der Waals surface area contributed by atoms with E-state index in [0.29, 0.717) is 6.54 Å². The summed E-state index contributed by atoms with van der Waals surface area (Å²) in [6, 6.07) is 14.8. The van der Waals surface area contributed by atoms with E-state index in [9.17, 15) is 4.79 Å². The number of carbonyl (C=O) groups excluding carboxylic acids is 1. The Balaban J connectivity index is 1.30. The van der Waals surface area contributed by atoms with Gasteiger partial charge in [0.25, 0.3) is 0 Å². The van der Waals surface area contributed by atoms with Crippen LogP contribution < -0.4 is 0 Å². The van der Waals surface area contributed by atoms with Gasteiger partial charge in [-0.3, -0.25) is 4.98 Å². The number of carbonyl (C=O) groups is 1. The molecule has 1 saturated heterocycles. The molecule has 0 N–H and O–H groups in total. The number of pyridine rings is 1. The fraction of sp³-hybridized carbons (Fsp3) is 0.657. The van der Waals surface area contributed by atoms with E-state index in [-0.39, 0.29) is 29.3 Å². The van der Waals surface area contributed by atoms with Crippen molar-refractivity contribution in [3.63, 3.8) is 0 Å². The van der Waals surface area contributed by atoms with Crippen LogP contribution in [-0.2, 0) is 19.6 Å². The molecule has 6 nitrogen and oxygen atoms in total. The average molecular weight is 561 g/mol. The highest BCUT2D eigenvalue weighted by Crippen LogP contribution is 2.50. The first-order valence-corrected chi connectivity index (χ1v) is 16.0. The lowest BCUT2D eigenvalue weighted by molar-refractivity contribution is -0.106. The van der Waals surface area contributed by atoms with E-state index >= 15 is 0 Å². The first-order valence-electron chi connectivity index (χ1n) is 16.0. The molecule has 3 aliphatic carbocycles. The van der Waals surface area contributed by atoms with Gasteiger partial charge >= 0.3 is 6.09 Å². The smallest absolute Gasteiger partial charge is 0.410 e. The fourth-order valence-electron chi connectivity index (χ4n) is 7.59. The Labute approximate surface area is 246 Å². The van der Waals surface area contributed by atoms with Gasteiger partial charge in [-0.2, -0.15) is 0 Å². The van der Waals surface area contributed by atoms with Gasteiger partial charge in [0.2, 0.25) is 0 Å². The van der Waals surface area contributed by atoms with Gasteiger partial charge in [0.15, 0.2) is 0 Å². The van der Waals surface area contributed by atoms with E-state index < -0.39 is 5.60 Å². The van der Waals surface area contributed by atoms with Crippen LogP contribution in [0.25, 0.3) is 0 Å². The quantitative estimate of drug-likeness (QED) is 0.327. The predicted octanol–water partition coefficient (Wildman–Crippen LogP) is 8.07. The molecule has 1 spiro atoms. The van der Waals surface area contributed by atoms with Crippen LogP contribution in [-0.4, -0.2) is 46.9 Å². The minimum absolute atomic E-state index is 0.0390. The maximum atomic E-state index is 14.0. The van der Waals surface area contributed by atoms with Crippen LogP contribution in [0.5, 0.6) is 0 Å². The number of hydrogen-bond donors (Lipinski definition) is 0. The van der Waals surface area contributed by atoms with Crippen molar-refractivity contribution in [2.45, 2.75) is 120 Å². The topological polar surface area (TPSA) is 60.9 Å². The molecule has 6 rings (SSSR count). The van der Waals surface area contributed by atoms with E-state index in [1.165, 1.54) is 36.8 Å². The molecule has 4 aliphatic rings. The lowest BCUT2D eigenvalue weighted by atomic mass is 9.67. The predicted molar refractivity (Wildman–Crippen MR) is 160 cm³/mol. The van der Waals surface area contributed by atoms with Gasteiger partial charge < -0.3 is 19.1 Å². The van der Waals surface area contributed by atoms with Crippen molar-refractivity contribution in [1.82, 2.24) is 9.88 Å². The molecule has 1 amide bonds. The number of aromatic nitrogens is 1. The molecule has 6 heteroatoms. The molecule has 1 aromatic heterocycles. The minimum atomic E-state index is -0.565. The van der Waals surface area contributed by atoms with Crippen LogP contribution >= 0.6 is 0 Å². The molecular weight excluding hydrogens is 512 g/mol. The zero-order chi connectivity index (χ0) is 28.5. The first-order chi connectivity index (χ1) is 19.8. The van der Waals surface area contributed by atoms with Gasteiger partial charge in [0.05, 0.1) is 24.4 Å². The zero-order valence-corrected chi connectivity index (χ0v) is 25.3. The van der Waals surface area contributed by atoms with Crippen molar-refractivity contribution >= 4 is 6.09 Å². The number of benzene rings is 1. The summed E-state index contributed by atoms with van der Waals surface area (Å²) in [5.74, 6) is 0.726. The Morgan fingerprint density at radius 3 is 2.46 bits per heavy atom. The molecule has 41 heavy (non-hydrogen) atoms. The van der Waals surface area contributed by atoms with Gasteiger partial charge in [-0.15, -0.1) is 0 Å². The van der Waals surface area contributed by atoms with Crippen LogP contribution in [0.15, 0.2) is 48.7 Å². The summed E-state index contributed by atoms with van der Waals surface area (Å²) >= 11 is 0. The number of fused-ring (bicyclic) bond motifs is 1. The van der Waals surface area contributed by atoms with Crippen LogP contribution in [0.3, 0.4) is 0 Å². The highest BCUT2D eigenvalue weighted by Gasteiger charge is 2.49. The van der Waals surface area contributed by atoms with Crippen LogP contribution in [0.1, 0.15) is 120 Å². The molecule has 1 aliphatic heterocycles. The fourth-order valence-corrected chi connectivity index (χ4v) is 7.59. The number of rotatable bonds is 8. The van der Waals surface area contributed by atoms with Crippen LogP contribution in [0, 0.1) is 5.92 Å². The van der Waals surface area contributed by atoms with Crippen molar-refractivity contribution in [2.75, 3.05) is 19.8 Å². The maximum Gasteiger partial charge on any atom is 0.410 e. The second-order valence-electron chi connectivity index (χ2n) is 14.1. The van der Waals surface area contributed by atoms with Crippen molar-refractivity contribution < 1.29 is 19.0 Å². The Kier molecular flexibility index (Phi) is 8.17. The summed E-state index contributed by atoms with van der Waals surface area (Å²) in [7, 11) is 0. The largest absolute Gasteiger partial charge is 0.444 e. The average Bonchev–Trinajstić information content (AvgIpc) is 3.70. The van der Waals surface area contributed by atoms with Gasteiger partial charge in [-0.25, -0.2) is 4.79 Å². The Hall–Kier alpha value is -2.44. The molecular formula is C35H48N2O4. The molecule has 0 radical (unpaired) electrons. The molecule has 1 aromatic carbocycles. The van der Waals surface area contributed by atoms with E-state index in [0.717, 1.165) is 69.8 Å². The second-order valence-corrected chi connectivity index (χ2v) is 14.1. The van der Waals surface area contributed by atoms with Crippen molar-refractivity contribution in [2.24, 2.45) is 5.92 Å². The van der Waals surface area contributed by atoms with E-state index in [4.69, 9.17) is 19.2 Å². The Morgan fingerprint density at radius 2 is 1.76 bits per heavy atom. The zero-order valence-electron chi connectivity index (χ0n) is 25.3. The monoisotopic (exact) mass is 560 g/mol. The van der Waals surface area contributed by atoms with E-state index in [1.54, 1.807) is 0 Å². The van der Waals surface area contributed by atoms with E-state index in [1.807, 2.05) is 37.9 Å². The van der Waals surface area contributed by atoms with Crippen LogP contribution in [0.2, 0.25) is 0 Å². The molecule has 222 valence electrons. The lowest BCUT2D eigenvalue weighted by Crippen LogP contribution is -2.49. The highest BCUT2D eigenvalue weighted by molar-refractivity contribution is 5.69. The Morgan fingerprint density at radius 1 is 1.00 bits per heavy atom. The number of hydrogen-bond acceptors (Lipinski definition) is 5. The van der Waals surface area contributed by atoms with Crippen molar-refractivity contribution in [1.29, 1.82) is 0 Å². The molecule has 0 unspecified atom stereocenters. The molecule has 3 fully saturated rings.